The van der Waals surface area contributed by atoms with Crippen LogP contribution in [0.15, 0.2) is 36.5 Å². The molecule has 0 saturated carbocycles. The van der Waals surface area contributed by atoms with Crippen LogP contribution in [0.25, 0.3) is 10.9 Å². The molecule has 0 radical (unpaired) electrons. The van der Waals surface area contributed by atoms with Gasteiger partial charge in [-0.15, -0.1) is 0 Å². The van der Waals surface area contributed by atoms with Crippen LogP contribution in [0, 0.1) is 0 Å². The van der Waals surface area contributed by atoms with Crippen molar-refractivity contribution in [2.24, 2.45) is 5.73 Å². The van der Waals surface area contributed by atoms with Gasteiger partial charge in [0.15, 0.2) is 0 Å². The molecule has 0 aliphatic heterocycles. The lowest BCUT2D eigenvalue weighted by Gasteiger charge is -2.20. The molecule has 0 aliphatic carbocycles. The first-order valence-corrected chi connectivity index (χ1v) is 7.07. The van der Waals surface area contributed by atoms with Crippen molar-refractivity contribution < 1.29 is 0 Å². The summed E-state index contributed by atoms with van der Waals surface area (Å²) in [6.45, 7) is 7.61. The van der Waals surface area contributed by atoms with Crippen molar-refractivity contribution in [3.63, 3.8) is 0 Å². The normalized spacial score (nSPS) is 13.1. The number of nitrogens with two attached hydrogens (primary N) is 1. The van der Waals surface area contributed by atoms with E-state index >= 15 is 0 Å². The Hall–Kier alpha value is -1.45. The summed E-state index contributed by atoms with van der Waals surface area (Å²) in [5.74, 6) is 0. The molecule has 0 aliphatic rings. The average Bonchev–Trinajstić information content (AvgIpc) is 2.47. The second kappa shape index (κ2) is 6.64. The molecule has 0 spiro atoms. The lowest BCUT2D eigenvalue weighted by molar-refractivity contribution is 0.291. The molecular weight excluding hydrogens is 234 g/mol. The first kappa shape index (κ1) is 14.0. The van der Waals surface area contributed by atoms with Gasteiger partial charge in [0.05, 0.1) is 5.52 Å². The van der Waals surface area contributed by atoms with Crippen molar-refractivity contribution in [2.75, 3.05) is 19.6 Å². The predicted molar refractivity (Wildman–Crippen MR) is 81.1 cm³/mol. The molecule has 3 nitrogen and oxygen atoms in total. The molecule has 102 valence electrons. The van der Waals surface area contributed by atoms with Crippen molar-refractivity contribution in [2.45, 2.75) is 26.3 Å². The highest BCUT2D eigenvalue weighted by Gasteiger charge is 2.08. The molecule has 1 aromatic carbocycles. The molecule has 1 aromatic heterocycles. The maximum atomic E-state index is 6.30. The monoisotopic (exact) mass is 257 g/mol. The van der Waals surface area contributed by atoms with Crippen LogP contribution in [-0.4, -0.2) is 29.5 Å². The summed E-state index contributed by atoms with van der Waals surface area (Å²) in [7, 11) is 0. The molecule has 2 aromatic rings. The zero-order valence-corrected chi connectivity index (χ0v) is 11.8. The van der Waals surface area contributed by atoms with Crippen molar-refractivity contribution in [1.29, 1.82) is 0 Å². The van der Waals surface area contributed by atoms with E-state index in [4.69, 9.17) is 5.73 Å². The molecule has 1 atom stereocenters. The van der Waals surface area contributed by atoms with Gasteiger partial charge in [0.25, 0.3) is 0 Å². The van der Waals surface area contributed by atoms with E-state index in [0.717, 1.165) is 31.6 Å². The lowest BCUT2D eigenvalue weighted by atomic mass is 10.0. The van der Waals surface area contributed by atoms with E-state index in [2.05, 4.69) is 48.0 Å². The van der Waals surface area contributed by atoms with Crippen LogP contribution in [0.2, 0.25) is 0 Å². The second-order valence-corrected chi connectivity index (χ2v) is 4.88. The molecule has 2 rings (SSSR count). The van der Waals surface area contributed by atoms with Crippen LogP contribution >= 0.6 is 0 Å². The third-order valence-electron chi connectivity index (χ3n) is 3.71. The average molecular weight is 257 g/mol. The number of rotatable bonds is 6. The summed E-state index contributed by atoms with van der Waals surface area (Å²) in [4.78, 5) is 6.74. The van der Waals surface area contributed by atoms with E-state index in [1.807, 2.05) is 12.3 Å². The van der Waals surface area contributed by atoms with E-state index in [1.54, 1.807) is 0 Å². The summed E-state index contributed by atoms with van der Waals surface area (Å²) in [6.07, 6.45) is 2.82. The van der Waals surface area contributed by atoms with Crippen LogP contribution in [0.4, 0.5) is 0 Å². The Kier molecular flexibility index (Phi) is 4.88. The molecular formula is C16H23N3. The summed E-state index contributed by atoms with van der Waals surface area (Å²) in [5, 5.41) is 1.17. The summed E-state index contributed by atoms with van der Waals surface area (Å²) < 4.78 is 0. The van der Waals surface area contributed by atoms with Gasteiger partial charge in [-0.3, -0.25) is 4.98 Å². The summed E-state index contributed by atoms with van der Waals surface area (Å²) in [6, 6.07) is 10.5. The Morgan fingerprint density at radius 2 is 2.00 bits per heavy atom. The fourth-order valence-corrected chi connectivity index (χ4v) is 2.35. The topological polar surface area (TPSA) is 42.1 Å². The maximum Gasteiger partial charge on any atom is 0.0702 e. The van der Waals surface area contributed by atoms with Gasteiger partial charge in [-0.1, -0.05) is 26.0 Å². The number of nitrogens with zero attached hydrogens (tertiary/aromatic N) is 2. The fraction of sp³-hybridized carbons (Fsp3) is 0.438. The Morgan fingerprint density at radius 1 is 1.21 bits per heavy atom. The number of pyridine rings is 1. The van der Waals surface area contributed by atoms with E-state index in [-0.39, 0.29) is 6.04 Å². The van der Waals surface area contributed by atoms with Crippen molar-refractivity contribution in [1.82, 2.24) is 9.88 Å². The van der Waals surface area contributed by atoms with Crippen molar-refractivity contribution >= 4 is 10.9 Å². The highest BCUT2D eigenvalue weighted by molar-refractivity contribution is 5.79. The number of hydrogen-bond donors (Lipinski definition) is 1. The van der Waals surface area contributed by atoms with E-state index in [9.17, 15) is 0 Å². The first-order chi connectivity index (χ1) is 9.24. The zero-order valence-electron chi connectivity index (χ0n) is 11.8. The van der Waals surface area contributed by atoms with Gasteiger partial charge in [0, 0.05) is 17.6 Å². The van der Waals surface area contributed by atoms with E-state index < -0.39 is 0 Å². The highest BCUT2D eigenvalue weighted by atomic mass is 15.1. The Morgan fingerprint density at radius 3 is 2.74 bits per heavy atom. The highest BCUT2D eigenvalue weighted by Crippen LogP contribution is 2.19. The van der Waals surface area contributed by atoms with Gasteiger partial charge >= 0.3 is 0 Å². The summed E-state index contributed by atoms with van der Waals surface area (Å²) >= 11 is 0. The Bertz CT molecular complexity index is 520. The third kappa shape index (κ3) is 3.52. The molecule has 0 saturated heterocycles. The fourth-order valence-electron chi connectivity index (χ4n) is 2.35. The zero-order chi connectivity index (χ0) is 13.7. The molecule has 3 heteroatoms. The molecule has 19 heavy (non-hydrogen) atoms. The SMILES string of the molecule is CCN(CC)CCC(N)c1ccc2ncccc2c1. The van der Waals surface area contributed by atoms with Crippen LogP contribution in [0.1, 0.15) is 31.9 Å². The largest absolute Gasteiger partial charge is 0.324 e. The minimum absolute atomic E-state index is 0.102. The van der Waals surface area contributed by atoms with Crippen LogP contribution in [0.3, 0.4) is 0 Å². The second-order valence-electron chi connectivity index (χ2n) is 4.88. The van der Waals surface area contributed by atoms with Crippen LogP contribution in [-0.2, 0) is 0 Å². The molecule has 1 unspecified atom stereocenters. The smallest absolute Gasteiger partial charge is 0.0702 e. The minimum atomic E-state index is 0.102. The minimum Gasteiger partial charge on any atom is -0.324 e. The van der Waals surface area contributed by atoms with Crippen LogP contribution in [0.5, 0.6) is 0 Å². The number of fused-ring (bicyclic) bond motifs is 1. The van der Waals surface area contributed by atoms with Gasteiger partial charge < -0.3 is 10.6 Å². The summed E-state index contributed by atoms with van der Waals surface area (Å²) in [5.41, 5.74) is 8.53. The number of hydrogen-bond acceptors (Lipinski definition) is 3. The van der Waals surface area contributed by atoms with Crippen LogP contribution < -0.4 is 5.73 Å². The van der Waals surface area contributed by atoms with Gasteiger partial charge in [0.1, 0.15) is 0 Å². The molecule has 1 heterocycles. The van der Waals surface area contributed by atoms with Crippen molar-refractivity contribution in [3.05, 3.63) is 42.1 Å². The lowest BCUT2D eigenvalue weighted by Crippen LogP contribution is -2.27. The van der Waals surface area contributed by atoms with Gasteiger partial charge in [-0.25, -0.2) is 0 Å². The van der Waals surface area contributed by atoms with Gasteiger partial charge in [-0.05, 0) is 49.8 Å². The van der Waals surface area contributed by atoms with Crippen molar-refractivity contribution in [3.8, 4) is 0 Å². The Labute approximate surface area is 115 Å². The molecule has 0 bridgehead atoms. The molecule has 0 fully saturated rings. The van der Waals surface area contributed by atoms with E-state index in [1.165, 1.54) is 10.9 Å². The quantitative estimate of drug-likeness (QED) is 0.865. The first-order valence-electron chi connectivity index (χ1n) is 7.07. The van der Waals surface area contributed by atoms with Gasteiger partial charge in [-0.2, -0.15) is 0 Å². The number of aromatic nitrogens is 1. The molecule has 2 N–H and O–H groups in total. The maximum absolute atomic E-state index is 6.30. The van der Waals surface area contributed by atoms with E-state index in [0.29, 0.717) is 0 Å². The Balaban J connectivity index is 2.06. The number of benzene rings is 1. The third-order valence-corrected chi connectivity index (χ3v) is 3.71. The molecule has 0 amide bonds. The van der Waals surface area contributed by atoms with Gasteiger partial charge in [0.2, 0.25) is 0 Å². The predicted octanol–water partition coefficient (Wildman–Crippen LogP) is 2.97. The standard InChI is InChI=1S/C16H23N3/c1-3-19(4-2)11-9-15(17)13-7-8-16-14(12-13)6-5-10-18-16/h5-8,10,12,15H,3-4,9,11,17H2,1-2H3.